The van der Waals surface area contributed by atoms with Crippen LogP contribution in [0.1, 0.15) is 5.56 Å². The van der Waals surface area contributed by atoms with Gasteiger partial charge in [-0.2, -0.15) is 5.26 Å². The van der Waals surface area contributed by atoms with Gasteiger partial charge >= 0.3 is 0 Å². The number of sulfonamides is 1. The molecule has 0 heterocycles. The Morgan fingerprint density at radius 1 is 1.24 bits per heavy atom. The molecule has 5 nitrogen and oxygen atoms in total. The largest absolute Gasteiger partial charge is 0.495 e. The van der Waals surface area contributed by atoms with Crippen molar-refractivity contribution < 1.29 is 13.2 Å². The summed E-state index contributed by atoms with van der Waals surface area (Å²) >= 11 is 3.23. The van der Waals surface area contributed by atoms with Crippen LogP contribution >= 0.6 is 15.9 Å². The number of halogens is 1. The fourth-order valence-electron chi connectivity index (χ4n) is 1.73. The van der Waals surface area contributed by atoms with E-state index in [4.69, 9.17) is 10.00 Å². The Labute approximate surface area is 131 Å². The number of hydrogen-bond donors (Lipinski definition) is 1. The van der Waals surface area contributed by atoms with Gasteiger partial charge < -0.3 is 4.74 Å². The van der Waals surface area contributed by atoms with E-state index in [1.165, 1.54) is 25.3 Å². The van der Waals surface area contributed by atoms with Gasteiger partial charge in [0.15, 0.2) is 0 Å². The Balaban J connectivity index is 2.49. The molecule has 2 aromatic carbocycles. The molecule has 0 saturated carbocycles. The molecule has 0 unspecified atom stereocenters. The number of anilines is 1. The van der Waals surface area contributed by atoms with E-state index >= 15 is 0 Å². The molecular weight excluding hydrogens is 356 g/mol. The Hall–Kier alpha value is -2.04. The predicted molar refractivity (Wildman–Crippen MR) is 82.7 cm³/mol. The molecule has 21 heavy (non-hydrogen) atoms. The van der Waals surface area contributed by atoms with E-state index < -0.39 is 10.0 Å². The number of hydrogen-bond acceptors (Lipinski definition) is 4. The van der Waals surface area contributed by atoms with E-state index in [0.29, 0.717) is 4.47 Å². The van der Waals surface area contributed by atoms with E-state index in [2.05, 4.69) is 20.7 Å². The Bertz CT molecular complexity index is 813. The molecule has 0 fully saturated rings. The number of rotatable bonds is 4. The summed E-state index contributed by atoms with van der Waals surface area (Å²) in [4.78, 5) is -0.00730. The van der Waals surface area contributed by atoms with Gasteiger partial charge in [-0.3, -0.25) is 4.72 Å². The smallest absolute Gasteiger partial charge is 0.265 e. The molecule has 2 rings (SSSR count). The lowest BCUT2D eigenvalue weighted by atomic mass is 10.2. The van der Waals surface area contributed by atoms with Gasteiger partial charge in [-0.05, 0) is 30.3 Å². The SMILES string of the molecule is COc1ccc(Br)cc1S(=O)(=O)Nc1ccccc1C#N. The molecule has 1 N–H and O–H groups in total. The molecule has 0 saturated heterocycles. The zero-order valence-electron chi connectivity index (χ0n) is 11.0. The molecule has 0 aliphatic carbocycles. The fraction of sp³-hybridized carbons (Fsp3) is 0.0714. The minimum Gasteiger partial charge on any atom is -0.495 e. The molecule has 0 atom stereocenters. The monoisotopic (exact) mass is 366 g/mol. The molecule has 0 amide bonds. The molecule has 0 aromatic heterocycles. The highest BCUT2D eigenvalue weighted by molar-refractivity contribution is 9.10. The molecule has 0 aliphatic rings. The second-order valence-electron chi connectivity index (χ2n) is 4.06. The third-order valence-electron chi connectivity index (χ3n) is 2.71. The molecule has 0 radical (unpaired) electrons. The van der Waals surface area contributed by atoms with Crippen LogP contribution in [0.2, 0.25) is 0 Å². The molecule has 108 valence electrons. The number of benzene rings is 2. The van der Waals surface area contributed by atoms with Crippen LogP contribution in [0.3, 0.4) is 0 Å². The van der Waals surface area contributed by atoms with Crippen molar-refractivity contribution in [2.45, 2.75) is 4.90 Å². The summed E-state index contributed by atoms with van der Waals surface area (Å²) in [5, 5.41) is 9.01. The average molecular weight is 367 g/mol. The number of nitrogens with zero attached hydrogens (tertiary/aromatic N) is 1. The first kappa shape index (κ1) is 15.4. The van der Waals surface area contributed by atoms with Crippen LogP contribution in [0.25, 0.3) is 0 Å². The standard InChI is InChI=1S/C14H11BrN2O3S/c1-20-13-7-6-11(15)8-14(13)21(18,19)17-12-5-3-2-4-10(12)9-16/h2-8,17H,1H3. The summed E-state index contributed by atoms with van der Waals surface area (Å²) in [6.45, 7) is 0. The summed E-state index contributed by atoms with van der Waals surface area (Å²) in [6.07, 6.45) is 0. The van der Waals surface area contributed by atoms with Crippen molar-refractivity contribution in [3.8, 4) is 11.8 Å². The van der Waals surface area contributed by atoms with Crippen LogP contribution < -0.4 is 9.46 Å². The summed E-state index contributed by atoms with van der Waals surface area (Å²) in [5.74, 6) is 0.222. The molecule has 0 spiro atoms. The van der Waals surface area contributed by atoms with E-state index in [0.717, 1.165) is 0 Å². The zero-order valence-corrected chi connectivity index (χ0v) is 13.4. The summed E-state index contributed by atoms with van der Waals surface area (Å²) in [7, 11) is -2.47. The van der Waals surface area contributed by atoms with Crippen molar-refractivity contribution in [3.05, 3.63) is 52.5 Å². The average Bonchev–Trinajstić information content (AvgIpc) is 2.47. The summed E-state index contributed by atoms with van der Waals surface area (Å²) < 4.78 is 33.1. The second kappa shape index (κ2) is 6.16. The Morgan fingerprint density at radius 2 is 1.95 bits per heavy atom. The first-order chi connectivity index (χ1) is 9.97. The van der Waals surface area contributed by atoms with Gasteiger partial charge in [0, 0.05) is 4.47 Å². The zero-order chi connectivity index (χ0) is 15.5. The molecule has 7 heteroatoms. The quantitative estimate of drug-likeness (QED) is 0.901. The topological polar surface area (TPSA) is 79.2 Å². The highest BCUT2D eigenvalue weighted by Gasteiger charge is 2.21. The van der Waals surface area contributed by atoms with Crippen LogP contribution in [0, 0.1) is 11.3 Å². The van der Waals surface area contributed by atoms with Crippen molar-refractivity contribution in [2.24, 2.45) is 0 Å². The van der Waals surface area contributed by atoms with Gasteiger partial charge in [-0.15, -0.1) is 0 Å². The minimum atomic E-state index is -3.87. The van der Waals surface area contributed by atoms with E-state index in [-0.39, 0.29) is 21.9 Å². The number of methoxy groups -OCH3 is 1. The van der Waals surface area contributed by atoms with Crippen LogP contribution in [0.4, 0.5) is 5.69 Å². The molecule has 2 aromatic rings. The highest BCUT2D eigenvalue weighted by Crippen LogP contribution is 2.29. The maximum atomic E-state index is 12.5. The Morgan fingerprint density at radius 3 is 2.62 bits per heavy atom. The van der Waals surface area contributed by atoms with Crippen molar-refractivity contribution in [1.29, 1.82) is 5.26 Å². The van der Waals surface area contributed by atoms with Crippen molar-refractivity contribution in [2.75, 3.05) is 11.8 Å². The summed E-state index contributed by atoms with van der Waals surface area (Å²) in [5.41, 5.74) is 0.470. The number of nitrogens with one attached hydrogen (secondary N) is 1. The molecular formula is C14H11BrN2O3S. The van der Waals surface area contributed by atoms with Gasteiger partial charge in [-0.1, -0.05) is 28.1 Å². The third kappa shape index (κ3) is 3.35. The van der Waals surface area contributed by atoms with Crippen molar-refractivity contribution in [1.82, 2.24) is 0 Å². The lowest BCUT2D eigenvalue weighted by molar-refractivity contribution is 0.403. The van der Waals surface area contributed by atoms with Gasteiger partial charge in [0.05, 0.1) is 18.4 Å². The van der Waals surface area contributed by atoms with E-state index in [9.17, 15) is 8.42 Å². The van der Waals surface area contributed by atoms with Gasteiger partial charge in [0.2, 0.25) is 0 Å². The maximum Gasteiger partial charge on any atom is 0.265 e. The van der Waals surface area contributed by atoms with E-state index in [1.807, 2.05) is 6.07 Å². The second-order valence-corrected chi connectivity index (χ2v) is 6.62. The normalized spacial score (nSPS) is 10.7. The van der Waals surface area contributed by atoms with Crippen LogP contribution in [0.5, 0.6) is 5.75 Å². The minimum absolute atomic E-state index is 0.00730. The highest BCUT2D eigenvalue weighted by atomic mass is 79.9. The number of ether oxygens (including phenoxy) is 1. The van der Waals surface area contributed by atoms with E-state index in [1.54, 1.807) is 24.3 Å². The van der Waals surface area contributed by atoms with Crippen LogP contribution in [-0.2, 0) is 10.0 Å². The molecule has 0 aliphatic heterocycles. The van der Waals surface area contributed by atoms with Gasteiger partial charge in [0.1, 0.15) is 16.7 Å². The van der Waals surface area contributed by atoms with Gasteiger partial charge in [-0.25, -0.2) is 8.42 Å². The first-order valence-electron chi connectivity index (χ1n) is 5.83. The predicted octanol–water partition coefficient (Wildman–Crippen LogP) is 3.13. The number of para-hydroxylation sites is 1. The van der Waals surface area contributed by atoms with Crippen LogP contribution in [-0.4, -0.2) is 15.5 Å². The van der Waals surface area contributed by atoms with Crippen LogP contribution in [0.15, 0.2) is 51.8 Å². The number of nitriles is 1. The molecule has 0 bridgehead atoms. The van der Waals surface area contributed by atoms with Crippen molar-refractivity contribution in [3.63, 3.8) is 0 Å². The van der Waals surface area contributed by atoms with Gasteiger partial charge in [0.25, 0.3) is 10.0 Å². The maximum absolute atomic E-state index is 12.5. The summed E-state index contributed by atoms with van der Waals surface area (Å²) in [6, 6.07) is 13.0. The third-order valence-corrected chi connectivity index (χ3v) is 4.59. The van der Waals surface area contributed by atoms with Crippen molar-refractivity contribution >= 4 is 31.6 Å². The lowest BCUT2D eigenvalue weighted by Crippen LogP contribution is -2.15. The lowest BCUT2D eigenvalue weighted by Gasteiger charge is -2.12. The first-order valence-corrected chi connectivity index (χ1v) is 8.11. The fourth-order valence-corrected chi connectivity index (χ4v) is 3.52. The Kier molecular flexibility index (Phi) is 4.50.